The number of amides is 3. The molecule has 0 radical (unpaired) electrons. The summed E-state index contributed by atoms with van der Waals surface area (Å²) >= 11 is 1.20. The molecule has 0 saturated heterocycles. The lowest BCUT2D eigenvalue weighted by Gasteiger charge is -2.18. The molecule has 0 bridgehead atoms. The molecule has 3 amide bonds. The average molecular weight is 410 g/mol. The van der Waals surface area contributed by atoms with Crippen LogP contribution in [0.25, 0.3) is 0 Å². The van der Waals surface area contributed by atoms with Crippen molar-refractivity contribution in [2.75, 3.05) is 29.1 Å². The smallest absolute Gasteiger partial charge is 0.254 e. The maximum Gasteiger partial charge on any atom is 0.254 e. The number of hydrogen-bond acceptors (Lipinski definition) is 5. The van der Waals surface area contributed by atoms with Crippen molar-refractivity contribution in [3.63, 3.8) is 0 Å². The summed E-state index contributed by atoms with van der Waals surface area (Å²) in [6.07, 6.45) is 0. The van der Waals surface area contributed by atoms with Crippen molar-refractivity contribution < 1.29 is 14.4 Å². The zero-order valence-electron chi connectivity index (χ0n) is 16.3. The zero-order chi connectivity index (χ0) is 20.8. The molecule has 0 unspecified atom stereocenters. The highest BCUT2D eigenvalue weighted by atomic mass is 32.2. The Bertz CT molecular complexity index is 957. The molecule has 0 spiro atoms. The normalized spacial score (nSPS) is 13.2. The summed E-state index contributed by atoms with van der Waals surface area (Å²) in [7, 11) is 0. The summed E-state index contributed by atoms with van der Waals surface area (Å²) in [5.74, 6) is -0.453. The van der Waals surface area contributed by atoms with Gasteiger partial charge in [-0.25, -0.2) is 0 Å². The van der Waals surface area contributed by atoms with E-state index in [1.54, 1.807) is 24.3 Å². The number of nitrogens with zero attached hydrogens (tertiary/aromatic N) is 2. The fourth-order valence-electron chi connectivity index (χ4n) is 2.77. The molecule has 2 aromatic rings. The molecule has 0 aliphatic carbocycles. The number of thioether (sulfide) groups is 1. The maximum absolute atomic E-state index is 12.4. The van der Waals surface area contributed by atoms with Gasteiger partial charge in [-0.2, -0.15) is 0 Å². The third-order valence-corrected chi connectivity index (χ3v) is 5.14. The Hall–Kier alpha value is -3.13. The first-order valence-corrected chi connectivity index (χ1v) is 10.2. The predicted molar refractivity (Wildman–Crippen MR) is 117 cm³/mol. The molecular formula is C21H22N4O3S. The van der Waals surface area contributed by atoms with Crippen LogP contribution in [0.1, 0.15) is 22.8 Å². The van der Waals surface area contributed by atoms with Crippen LogP contribution in [-0.4, -0.2) is 41.7 Å². The summed E-state index contributed by atoms with van der Waals surface area (Å²) in [5, 5.41) is 6.01. The highest BCUT2D eigenvalue weighted by Crippen LogP contribution is 2.24. The summed E-state index contributed by atoms with van der Waals surface area (Å²) in [6, 6.07) is 14.3. The van der Waals surface area contributed by atoms with Gasteiger partial charge in [-0.05, 0) is 44.2 Å². The van der Waals surface area contributed by atoms with Gasteiger partial charge in [0, 0.05) is 17.8 Å². The number of carbonyl (C=O) groups is 3. The summed E-state index contributed by atoms with van der Waals surface area (Å²) in [4.78, 5) is 42.3. The van der Waals surface area contributed by atoms with Gasteiger partial charge in [-0.3, -0.25) is 24.3 Å². The molecule has 2 N–H and O–H groups in total. The van der Waals surface area contributed by atoms with Gasteiger partial charge in [0.05, 0.1) is 11.4 Å². The molecular weight excluding hydrogens is 388 g/mol. The lowest BCUT2D eigenvalue weighted by molar-refractivity contribution is -0.116. The van der Waals surface area contributed by atoms with Gasteiger partial charge < -0.3 is 10.6 Å². The number of nitrogens with one attached hydrogen (secondary N) is 2. The molecule has 150 valence electrons. The molecule has 29 heavy (non-hydrogen) atoms. The molecule has 0 saturated carbocycles. The van der Waals surface area contributed by atoms with Crippen molar-refractivity contribution in [2.24, 2.45) is 4.99 Å². The van der Waals surface area contributed by atoms with Crippen molar-refractivity contribution in [1.82, 2.24) is 5.32 Å². The number of aliphatic imine (C=N–C) groups is 1. The fourth-order valence-corrected chi connectivity index (χ4v) is 3.59. The molecule has 8 heteroatoms. The molecule has 0 fully saturated rings. The minimum Gasteiger partial charge on any atom is -0.352 e. The number of aryl methyl sites for hydroxylation is 1. The molecule has 0 aromatic heterocycles. The summed E-state index contributed by atoms with van der Waals surface area (Å²) in [5.41, 5.74) is 2.85. The van der Waals surface area contributed by atoms with Crippen LogP contribution in [0.3, 0.4) is 0 Å². The van der Waals surface area contributed by atoms with Crippen molar-refractivity contribution in [1.29, 1.82) is 0 Å². The number of amidine groups is 1. The number of benzene rings is 2. The van der Waals surface area contributed by atoms with Crippen molar-refractivity contribution in [3.8, 4) is 0 Å². The Morgan fingerprint density at radius 1 is 1.17 bits per heavy atom. The van der Waals surface area contributed by atoms with E-state index in [1.165, 1.54) is 16.7 Å². The van der Waals surface area contributed by atoms with Crippen LogP contribution in [0, 0.1) is 6.92 Å². The molecule has 7 nitrogen and oxygen atoms in total. The van der Waals surface area contributed by atoms with Crippen LogP contribution in [0.15, 0.2) is 53.5 Å². The second-order valence-corrected chi connectivity index (χ2v) is 7.38. The minimum absolute atomic E-state index is 0.0758. The summed E-state index contributed by atoms with van der Waals surface area (Å²) in [6.45, 7) is 4.43. The molecule has 1 aliphatic heterocycles. The molecule has 1 aliphatic rings. The van der Waals surface area contributed by atoms with Crippen molar-refractivity contribution in [3.05, 3.63) is 59.7 Å². The standard InChI is InChI=1S/C21H22N4O3S/c1-3-22-20(28)15-5-4-6-16(11-15)24-18(26)13-29-21-23-12-19(27)25(21)17-9-7-14(2)8-10-17/h4-11H,3,12-13H2,1-2H3,(H,22,28)(H,24,26). The van der Waals surface area contributed by atoms with Crippen molar-refractivity contribution in [2.45, 2.75) is 13.8 Å². The molecule has 1 heterocycles. The van der Waals surface area contributed by atoms with Crippen molar-refractivity contribution >= 4 is 46.0 Å². The largest absolute Gasteiger partial charge is 0.352 e. The lowest BCUT2D eigenvalue weighted by Crippen LogP contribution is -2.31. The van der Waals surface area contributed by atoms with E-state index in [0.29, 0.717) is 23.0 Å². The monoisotopic (exact) mass is 410 g/mol. The lowest BCUT2D eigenvalue weighted by atomic mass is 10.2. The quantitative estimate of drug-likeness (QED) is 0.766. The number of anilines is 2. The zero-order valence-corrected chi connectivity index (χ0v) is 17.1. The minimum atomic E-state index is -0.242. The molecule has 2 aromatic carbocycles. The number of hydrogen-bond donors (Lipinski definition) is 2. The third-order valence-electron chi connectivity index (χ3n) is 4.16. The Morgan fingerprint density at radius 3 is 2.66 bits per heavy atom. The van der Waals surface area contributed by atoms with Gasteiger partial charge in [0.15, 0.2) is 5.17 Å². The second kappa shape index (κ2) is 9.38. The third kappa shape index (κ3) is 5.23. The molecule has 3 rings (SSSR count). The fraction of sp³-hybridized carbons (Fsp3) is 0.238. The van der Waals surface area contributed by atoms with Gasteiger partial charge in [-0.15, -0.1) is 0 Å². The second-order valence-electron chi connectivity index (χ2n) is 6.44. The maximum atomic E-state index is 12.4. The number of carbonyl (C=O) groups excluding carboxylic acids is 3. The van der Waals surface area contributed by atoms with Crippen LogP contribution in [-0.2, 0) is 9.59 Å². The first-order valence-electron chi connectivity index (χ1n) is 9.23. The van der Waals surface area contributed by atoms with E-state index in [9.17, 15) is 14.4 Å². The summed E-state index contributed by atoms with van der Waals surface area (Å²) < 4.78 is 0. The van der Waals surface area contributed by atoms with Crippen LogP contribution < -0.4 is 15.5 Å². The van der Waals surface area contributed by atoms with Gasteiger partial charge in [0.25, 0.3) is 11.8 Å². The van der Waals surface area contributed by atoms with E-state index >= 15 is 0 Å². The van der Waals surface area contributed by atoms with Gasteiger partial charge >= 0.3 is 0 Å². The Labute approximate surface area is 173 Å². The van der Waals surface area contributed by atoms with Crippen LogP contribution in [0.4, 0.5) is 11.4 Å². The van der Waals surface area contributed by atoms with Crippen LogP contribution in [0.5, 0.6) is 0 Å². The predicted octanol–water partition coefficient (Wildman–Crippen LogP) is 2.82. The van der Waals surface area contributed by atoms with Gasteiger partial charge in [-0.1, -0.05) is 35.5 Å². The highest BCUT2D eigenvalue weighted by Gasteiger charge is 2.27. The van der Waals surface area contributed by atoms with Gasteiger partial charge in [0.2, 0.25) is 5.91 Å². The van der Waals surface area contributed by atoms with Crippen LogP contribution in [0.2, 0.25) is 0 Å². The average Bonchev–Trinajstić information content (AvgIpc) is 3.08. The topological polar surface area (TPSA) is 90.9 Å². The van der Waals surface area contributed by atoms with Crippen LogP contribution >= 0.6 is 11.8 Å². The van der Waals surface area contributed by atoms with E-state index in [-0.39, 0.29) is 30.0 Å². The first-order chi connectivity index (χ1) is 14.0. The van der Waals surface area contributed by atoms with E-state index in [0.717, 1.165) is 11.3 Å². The Balaban J connectivity index is 1.60. The first kappa shape index (κ1) is 20.6. The Kier molecular flexibility index (Phi) is 6.66. The number of rotatable bonds is 6. The van der Waals surface area contributed by atoms with E-state index in [4.69, 9.17) is 0 Å². The SMILES string of the molecule is CCNC(=O)c1cccc(NC(=O)CSC2=NCC(=O)N2c2ccc(C)cc2)c1. The highest BCUT2D eigenvalue weighted by molar-refractivity contribution is 8.14. The van der Waals surface area contributed by atoms with Gasteiger partial charge in [0.1, 0.15) is 6.54 Å². The van der Waals surface area contributed by atoms with E-state index < -0.39 is 0 Å². The van der Waals surface area contributed by atoms with E-state index in [2.05, 4.69) is 15.6 Å². The molecule has 0 atom stereocenters. The Morgan fingerprint density at radius 2 is 1.93 bits per heavy atom. The van der Waals surface area contributed by atoms with E-state index in [1.807, 2.05) is 38.1 Å².